The summed E-state index contributed by atoms with van der Waals surface area (Å²) < 4.78 is 5.56. The van der Waals surface area contributed by atoms with Crippen molar-refractivity contribution < 1.29 is 9.84 Å². The minimum Gasteiger partial charge on any atom is -0.391 e. The molecule has 1 aliphatic heterocycles. The molecule has 2 rings (SSSR count). The van der Waals surface area contributed by atoms with Gasteiger partial charge < -0.3 is 9.84 Å². The Morgan fingerprint density at radius 1 is 1.21 bits per heavy atom. The van der Waals surface area contributed by atoms with E-state index in [9.17, 15) is 5.11 Å². The average Bonchev–Trinajstić information content (AvgIpc) is 2.73. The van der Waals surface area contributed by atoms with Crippen molar-refractivity contribution in [3.8, 4) is 0 Å². The minimum absolute atomic E-state index is 0.118. The Labute approximate surface area is 86.0 Å². The molecule has 82 valence electrons. The first kappa shape index (κ1) is 10.4. The Balaban J connectivity index is 1.96. The number of ether oxygens (including phenoxy) is 1. The number of likely N-dealkylation sites (N-methyl/N-ethyl adjacent to an activating group) is 1. The fourth-order valence-electron chi connectivity index (χ4n) is 2.90. The molecule has 1 heterocycles. The molecule has 1 saturated heterocycles. The number of aliphatic hydroxyl groups excluding tert-OH is 1. The normalized spacial score (nSPS) is 43.7. The van der Waals surface area contributed by atoms with E-state index in [0.717, 1.165) is 32.3 Å². The second-order valence-corrected chi connectivity index (χ2v) is 4.66. The summed E-state index contributed by atoms with van der Waals surface area (Å²) in [5, 5.41) is 9.82. The monoisotopic (exact) mass is 199 g/mol. The molecule has 3 nitrogen and oxygen atoms in total. The zero-order valence-electron chi connectivity index (χ0n) is 9.15. The van der Waals surface area contributed by atoms with Crippen molar-refractivity contribution in [2.75, 3.05) is 13.7 Å². The van der Waals surface area contributed by atoms with Gasteiger partial charge in [0.25, 0.3) is 0 Å². The highest BCUT2D eigenvalue weighted by molar-refractivity contribution is 4.90. The summed E-state index contributed by atoms with van der Waals surface area (Å²) in [6.07, 6.45) is 4.59. The molecular formula is C11H21NO2. The van der Waals surface area contributed by atoms with Crippen LogP contribution in [0, 0.1) is 0 Å². The maximum atomic E-state index is 9.82. The van der Waals surface area contributed by atoms with Gasteiger partial charge in [-0.25, -0.2) is 0 Å². The first-order valence-electron chi connectivity index (χ1n) is 5.71. The Bertz CT molecular complexity index is 178. The van der Waals surface area contributed by atoms with Crippen LogP contribution in [0.25, 0.3) is 0 Å². The molecular weight excluding hydrogens is 178 g/mol. The summed E-state index contributed by atoms with van der Waals surface area (Å²) in [6, 6.07) is 0.872. The van der Waals surface area contributed by atoms with Crippen LogP contribution in [0.1, 0.15) is 32.6 Å². The number of aliphatic hydroxyl groups is 1. The Morgan fingerprint density at radius 3 is 2.50 bits per heavy atom. The molecule has 2 fully saturated rings. The SMILES string of the molecule is CC1OCCC1N(C)[C@@H]1CCC[C@H]1O. The van der Waals surface area contributed by atoms with Gasteiger partial charge in [0.1, 0.15) is 0 Å². The van der Waals surface area contributed by atoms with Gasteiger partial charge in [-0.2, -0.15) is 0 Å². The molecule has 0 aromatic carbocycles. The van der Waals surface area contributed by atoms with Gasteiger partial charge in [-0.05, 0) is 39.7 Å². The third-order valence-electron chi connectivity index (χ3n) is 3.83. The number of nitrogens with zero attached hydrogens (tertiary/aromatic N) is 1. The summed E-state index contributed by atoms with van der Waals surface area (Å²) in [4.78, 5) is 2.34. The van der Waals surface area contributed by atoms with Crippen molar-refractivity contribution >= 4 is 0 Å². The first-order valence-corrected chi connectivity index (χ1v) is 5.71. The van der Waals surface area contributed by atoms with E-state index in [4.69, 9.17) is 4.74 Å². The summed E-state index contributed by atoms with van der Waals surface area (Å²) >= 11 is 0. The molecule has 0 aromatic heterocycles. The van der Waals surface area contributed by atoms with Crippen LogP contribution in [-0.4, -0.2) is 48.0 Å². The van der Waals surface area contributed by atoms with Gasteiger partial charge in [0.05, 0.1) is 12.2 Å². The fraction of sp³-hybridized carbons (Fsp3) is 1.00. The molecule has 2 aliphatic rings. The van der Waals surface area contributed by atoms with Gasteiger partial charge in [0.15, 0.2) is 0 Å². The predicted molar refractivity (Wildman–Crippen MR) is 55.2 cm³/mol. The summed E-state index contributed by atoms with van der Waals surface area (Å²) in [5.41, 5.74) is 0. The van der Waals surface area contributed by atoms with E-state index >= 15 is 0 Å². The summed E-state index contributed by atoms with van der Waals surface area (Å²) in [5.74, 6) is 0. The topological polar surface area (TPSA) is 32.7 Å². The lowest BCUT2D eigenvalue weighted by molar-refractivity contribution is 0.0295. The zero-order valence-corrected chi connectivity index (χ0v) is 9.15. The van der Waals surface area contributed by atoms with Gasteiger partial charge in [-0.15, -0.1) is 0 Å². The second-order valence-electron chi connectivity index (χ2n) is 4.66. The van der Waals surface area contributed by atoms with Crippen LogP contribution < -0.4 is 0 Å². The maximum absolute atomic E-state index is 9.82. The lowest BCUT2D eigenvalue weighted by Gasteiger charge is -2.33. The van der Waals surface area contributed by atoms with Crippen LogP contribution in [0.15, 0.2) is 0 Å². The van der Waals surface area contributed by atoms with Crippen molar-refractivity contribution in [3.63, 3.8) is 0 Å². The van der Waals surface area contributed by atoms with Crippen molar-refractivity contribution in [3.05, 3.63) is 0 Å². The first-order chi connectivity index (χ1) is 6.70. The smallest absolute Gasteiger partial charge is 0.0703 e. The van der Waals surface area contributed by atoms with Crippen molar-refractivity contribution in [1.82, 2.24) is 4.90 Å². The molecule has 4 atom stereocenters. The third kappa shape index (κ3) is 1.81. The molecule has 0 aromatic rings. The van der Waals surface area contributed by atoms with Crippen molar-refractivity contribution in [2.45, 2.75) is 56.9 Å². The lowest BCUT2D eigenvalue weighted by Crippen LogP contribution is -2.46. The van der Waals surface area contributed by atoms with Crippen molar-refractivity contribution in [1.29, 1.82) is 0 Å². The van der Waals surface area contributed by atoms with E-state index in [-0.39, 0.29) is 6.10 Å². The van der Waals surface area contributed by atoms with E-state index in [2.05, 4.69) is 18.9 Å². The Morgan fingerprint density at radius 2 is 2.00 bits per heavy atom. The van der Waals surface area contributed by atoms with Crippen LogP contribution in [-0.2, 0) is 4.74 Å². The highest BCUT2D eigenvalue weighted by Gasteiger charge is 2.36. The summed E-state index contributed by atoms with van der Waals surface area (Å²) in [7, 11) is 2.13. The van der Waals surface area contributed by atoms with E-state index in [1.165, 1.54) is 0 Å². The maximum Gasteiger partial charge on any atom is 0.0703 e. The van der Waals surface area contributed by atoms with E-state index in [1.54, 1.807) is 0 Å². The van der Waals surface area contributed by atoms with E-state index < -0.39 is 0 Å². The van der Waals surface area contributed by atoms with Gasteiger partial charge >= 0.3 is 0 Å². The van der Waals surface area contributed by atoms with Crippen LogP contribution in [0.4, 0.5) is 0 Å². The molecule has 0 spiro atoms. The number of hydrogen-bond donors (Lipinski definition) is 1. The fourth-order valence-corrected chi connectivity index (χ4v) is 2.90. The number of hydrogen-bond acceptors (Lipinski definition) is 3. The van der Waals surface area contributed by atoms with Crippen molar-refractivity contribution in [2.24, 2.45) is 0 Å². The molecule has 0 radical (unpaired) electrons. The molecule has 0 amide bonds. The Kier molecular flexibility index (Phi) is 3.10. The zero-order chi connectivity index (χ0) is 10.1. The third-order valence-corrected chi connectivity index (χ3v) is 3.83. The van der Waals surface area contributed by atoms with Gasteiger partial charge in [-0.3, -0.25) is 4.90 Å². The Hall–Kier alpha value is -0.120. The van der Waals surface area contributed by atoms with Crippen LogP contribution in [0.5, 0.6) is 0 Å². The molecule has 1 N–H and O–H groups in total. The molecule has 3 heteroatoms. The van der Waals surface area contributed by atoms with Crippen LogP contribution >= 0.6 is 0 Å². The van der Waals surface area contributed by atoms with E-state index in [0.29, 0.717) is 18.2 Å². The predicted octanol–water partition coefficient (Wildman–Crippen LogP) is 1.01. The summed E-state index contributed by atoms with van der Waals surface area (Å²) in [6.45, 7) is 3.01. The van der Waals surface area contributed by atoms with Gasteiger partial charge in [-0.1, -0.05) is 0 Å². The molecule has 2 unspecified atom stereocenters. The minimum atomic E-state index is -0.118. The second kappa shape index (κ2) is 4.17. The van der Waals surface area contributed by atoms with Gasteiger partial charge in [0.2, 0.25) is 0 Å². The molecule has 1 saturated carbocycles. The van der Waals surface area contributed by atoms with E-state index in [1.807, 2.05) is 0 Å². The van der Waals surface area contributed by atoms with Gasteiger partial charge in [0, 0.05) is 18.7 Å². The number of rotatable bonds is 2. The lowest BCUT2D eigenvalue weighted by atomic mass is 10.1. The van der Waals surface area contributed by atoms with Crippen LogP contribution in [0.2, 0.25) is 0 Å². The quantitative estimate of drug-likeness (QED) is 0.720. The highest BCUT2D eigenvalue weighted by Crippen LogP contribution is 2.28. The highest BCUT2D eigenvalue weighted by atomic mass is 16.5. The molecule has 1 aliphatic carbocycles. The standard InChI is InChI=1S/C11H21NO2/c1-8-9(6-7-14-8)12(2)10-4-3-5-11(10)13/h8-11,13H,3-7H2,1-2H3/t8?,9?,10-,11-/m1/s1. The molecule has 14 heavy (non-hydrogen) atoms. The largest absolute Gasteiger partial charge is 0.391 e. The molecule has 0 bridgehead atoms. The van der Waals surface area contributed by atoms with Crippen LogP contribution in [0.3, 0.4) is 0 Å². The average molecular weight is 199 g/mol.